The van der Waals surface area contributed by atoms with Crippen molar-refractivity contribution in [2.75, 3.05) is 0 Å². The number of nitrogens with zero attached hydrogens (tertiary/aromatic N) is 2. The number of aliphatic hydroxyl groups excluding tert-OH is 1. The molecule has 3 heteroatoms. The topological polar surface area (TPSA) is 38.0 Å². The minimum absolute atomic E-state index is 0.437. The number of benzene rings is 2. The summed E-state index contributed by atoms with van der Waals surface area (Å²) >= 11 is 0. The maximum absolute atomic E-state index is 9.56. The van der Waals surface area contributed by atoms with E-state index in [2.05, 4.69) is 35.5 Å². The summed E-state index contributed by atoms with van der Waals surface area (Å²) in [5, 5.41) is 9.56. The Bertz CT molecular complexity index is 755. The smallest absolute Gasteiger partial charge is 0.100 e. The van der Waals surface area contributed by atoms with Gasteiger partial charge in [0.2, 0.25) is 0 Å². The van der Waals surface area contributed by atoms with E-state index in [1.165, 1.54) is 11.1 Å². The van der Waals surface area contributed by atoms with Crippen molar-refractivity contribution in [2.45, 2.75) is 26.9 Å². The Labute approximate surface area is 118 Å². The number of fused-ring (bicyclic) bond motifs is 1. The molecule has 1 aromatic heterocycles. The molecule has 0 amide bonds. The SMILES string of the molecule is Cc1cc2ncn(-c3ccc([C@@H](C)O)cc3)c2cc1C. The van der Waals surface area contributed by atoms with E-state index in [1.807, 2.05) is 30.6 Å². The maximum atomic E-state index is 9.56. The standard InChI is InChI=1S/C17H18N2O/c1-11-8-16-17(9-12(11)2)19(10-18-16)15-6-4-14(5-7-15)13(3)20/h4-10,13,20H,1-3H3/t13-/m1/s1. The van der Waals surface area contributed by atoms with Gasteiger partial charge in [-0.3, -0.25) is 4.57 Å². The van der Waals surface area contributed by atoms with Crippen LogP contribution in [0.3, 0.4) is 0 Å². The second kappa shape index (κ2) is 4.76. The van der Waals surface area contributed by atoms with Gasteiger partial charge in [-0.1, -0.05) is 12.1 Å². The van der Waals surface area contributed by atoms with E-state index in [-0.39, 0.29) is 0 Å². The highest BCUT2D eigenvalue weighted by Crippen LogP contribution is 2.23. The van der Waals surface area contributed by atoms with Crippen molar-refractivity contribution < 1.29 is 5.11 Å². The molecule has 0 unspecified atom stereocenters. The predicted molar refractivity (Wildman–Crippen MR) is 81.2 cm³/mol. The van der Waals surface area contributed by atoms with Crippen LogP contribution in [0.25, 0.3) is 16.7 Å². The van der Waals surface area contributed by atoms with E-state index in [4.69, 9.17) is 0 Å². The molecule has 0 spiro atoms. The van der Waals surface area contributed by atoms with Gasteiger partial charge >= 0.3 is 0 Å². The fourth-order valence-electron chi connectivity index (χ4n) is 2.38. The molecule has 3 rings (SSSR count). The summed E-state index contributed by atoms with van der Waals surface area (Å²) < 4.78 is 2.08. The lowest BCUT2D eigenvalue weighted by molar-refractivity contribution is 0.199. The number of aryl methyl sites for hydroxylation is 2. The summed E-state index contributed by atoms with van der Waals surface area (Å²) in [4.78, 5) is 4.47. The highest BCUT2D eigenvalue weighted by atomic mass is 16.3. The normalized spacial score (nSPS) is 12.8. The van der Waals surface area contributed by atoms with Gasteiger partial charge in [0, 0.05) is 5.69 Å². The van der Waals surface area contributed by atoms with Crippen molar-refractivity contribution >= 4 is 11.0 Å². The van der Waals surface area contributed by atoms with Gasteiger partial charge in [-0.25, -0.2) is 4.98 Å². The van der Waals surface area contributed by atoms with Crippen LogP contribution in [-0.2, 0) is 0 Å². The largest absolute Gasteiger partial charge is 0.389 e. The van der Waals surface area contributed by atoms with Gasteiger partial charge in [0.15, 0.2) is 0 Å². The first kappa shape index (κ1) is 12.9. The van der Waals surface area contributed by atoms with Crippen LogP contribution < -0.4 is 0 Å². The molecule has 0 bridgehead atoms. The Balaban J connectivity index is 2.12. The first-order chi connectivity index (χ1) is 9.56. The van der Waals surface area contributed by atoms with Gasteiger partial charge in [0.1, 0.15) is 6.33 Å². The van der Waals surface area contributed by atoms with Gasteiger partial charge in [-0.15, -0.1) is 0 Å². The number of rotatable bonds is 2. The second-order valence-electron chi connectivity index (χ2n) is 5.31. The van der Waals surface area contributed by atoms with Crippen LogP contribution in [0.4, 0.5) is 0 Å². The zero-order valence-electron chi connectivity index (χ0n) is 12.0. The molecule has 0 fully saturated rings. The third-order valence-electron chi connectivity index (χ3n) is 3.82. The number of aliphatic hydroxyl groups is 1. The second-order valence-corrected chi connectivity index (χ2v) is 5.31. The van der Waals surface area contributed by atoms with Crippen molar-refractivity contribution in [2.24, 2.45) is 0 Å². The fraction of sp³-hybridized carbons (Fsp3) is 0.235. The average molecular weight is 266 g/mol. The lowest BCUT2D eigenvalue weighted by Gasteiger charge is -2.08. The van der Waals surface area contributed by atoms with Gasteiger partial charge in [-0.05, 0) is 61.7 Å². The molecule has 2 aromatic carbocycles. The van der Waals surface area contributed by atoms with Crippen LogP contribution in [-0.4, -0.2) is 14.7 Å². The monoisotopic (exact) mass is 266 g/mol. The van der Waals surface area contributed by atoms with Crippen molar-refractivity contribution in [1.82, 2.24) is 9.55 Å². The lowest BCUT2D eigenvalue weighted by Crippen LogP contribution is -1.95. The first-order valence-electron chi connectivity index (χ1n) is 6.79. The van der Waals surface area contributed by atoms with Crippen LogP contribution in [0.5, 0.6) is 0 Å². The van der Waals surface area contributed by atoms with E-state index in [0.717, 1.165) is 22.3 Å². The van der Waals surface area contributed by atoms with E-state index >= 15 is 0 Å². The van der Waals surface area contributed by atoms with Gasteiger partial charge < -0.3 is 5.11 Å². The number of hydrogen-bond donors (Lipinski definition) is 1. The van der Waals surface area contributed by atoms with Crippen molar-refractivity contribution in [3.63, 3.8) is 0 Å². The van der Waals surface area contributed by atoms with Gasteiger partial charge in [0.05, 0.1) is 17.1 Å². The van der Waals surface area contributed by atoms with E-state index in [9.17, 15) is 5.11 Å². The van der Waals surface area contributed by atoms with Crippen LogP contribution in [0.15, 0.2) is 42.7 Å². The number of aromatic nitrogens is 2. The van der Waals surface area contributed by atoms with Crippen LogP contribution in [0.2, 0.25) is 0 Å². The summed E-state index contributed by atoms with van der Waals surface area (Å²) in [6.07, 6.45) is 1.41. The molecule has 1 atom stereocenters. The molecule has 3 aromatic rings. The van der Waals surface area contributed by atoms with Crippen molar-refractivity contribution in [3.05, 3.63) is 59.4 Å². The zero-order valence-corrected chi connectivity index (χ0v) is 12.0. The van der Waals surface area contributed by atoms with Crippen LogP contribution in [0.1, 0.15) is 29.7 Å². The number of hydrogen-bond acceptors (Lipinski definition) is 2. The highest BCUT2D eigenvalue weighted by Gasteiger charge is 2.07. The maximum Gasteiger partial charge on any atom is 0.100 e. The van der Waals surface area contributed by atoms with E-state index in [0.29, 0.717) is 0 Å². The minimum Gasteiger partial charge on any atom is -0.389 e. The fourth-order valence-corrected chi connectivity index (χ4v) is 2.38. The Morgan fingerprint density at radius 3 is 2.35 bits per heavy atom. The Morgan fingerprint density at radius 2 is 1.70 bits per heavy atom. The molecule has 0 radical (unpaired) electrons. The van der Waals surface area contributed by atoms with Crippen molar-refractivity contribution in [3.8, 4) is 5.69 Å². The highest BCUT2D eigenvalue weighted by molar-refractivity contribution is 5.79. The molecule has 0 aliphatic carbocycles. The lowest BCUT2D eigenvalue weighted by atomic mass is 10.1. The minimum atomic E-state index is -0.437. The molecule has 20 heavy (non-hydrogen) atoms. The quantitative estimate of drug-likeness (QED) is 0.768. The molecule has 1 N–H and O–H groups in total. The summed E-state index contributed by atoms with van der Waals surface area (Å²) in [7, 11) is 0. The molecular formula is C17H18N2O. The first-order valence-corrected chi connectivity index (χ1v) is 6.79. The Morgan fingerprint density at radius 1 is 1.05 bits per heavy atom. The van der Waals surface area contributed by atoms with E-state index in [1.54, 1.807) is 6.92 Å². The third kappa shape index (κ3) is 2.10. The summed E-state index contributed by atoms with van der Waals surface area (Å²) in [6, 6.07) is 12.2. The molecule has 0 saturated heterocycles. The Kier molecular flexibility index (Phi) is 3.07. The predicted octanol–water partition coefficient (Wildman–Crippen LogP) is 3.70. The summed E-state index contributed by atoms with van der Waals surface area (Å²) in [6.45, 7) is 5.99. The third-order valence-corrected chi connectivity index (χ3v) is 3.82. The molecule has 102 valence electrons. The van der Waals surface area contributed by atoms with E-state index < -0.39 is 6.10 Å². The molecule has 0 aliphatic rings. The molecule has 0 aliphatic heterocycles. The Hall–Kier alpha value is -2.13. The molecule has 0 saturated carbocycles. The molecular weight excluding hydrogens is 248 g/mol. The van der Waals surface area contributed by atoms with Crippen LogP contribution in [0, 0.1) is 13.8 Å². The molecule has 1 heterocycles. The number of imidazole rings is 1. The van der Waals surface area contributed by atoms with Crippen LogP contribution >= 0.6 is 0 Å². The van der Waals surface area contributed by atoms with Crippen molar-refractivity contribution in [1.29, 1.82) is 0 Å². The van der Waals surface area contributed by atoms with Gasteiger partial charge in [-0.2, -0.15) is 0 Å². The summed E-state index contributed by atoms with van der Waals surface area (Å²) in [5.41, 5.74) is 6.61. The van der Waals surface area contributed by atoms with Gasteiger partial charge in [0.25, 0.3) is 0 Å². The summed E-state index contributed by atoms with van der Waals surface area (Å²) in [5.74, 6) is 0. The average Bonchev–Trinajstić information content (AvgIpc) is 2.82. The molecule has 3 nitrogen and oxygen atoms in total. The zero-order chi connectivity index (χ0) is 14.3.